The Hall–Kier alpha value is -2.00. The summed E-state index contributed by atoms with van der Waals surface area (Å²) in [4.78, 5) is -0.619. The van der Waals surface area contributed by atoms with Crippen LogP contribution < -0.4 is 0 Å². The van der Waals surface area contributed by atoms with Crippen molar-refractivity contribution < 1.29 is 30.4 Å². The van der Waals surface area contributed by atoms with E-state index in [2.05, 4.69) is 0 Å². The third kappa shape index (κ3) is 3.45. The zero-order valence-corrected chi connectivity index (χ0v) is 14.1. The number of sulfonamides is 1. The number of halogens is 5. The largest absolute Gasteiger partial charge is 0.416 e. The fraction of sp³-hybridized carbons (Fsp3) is 0.294. The van der Waals surface area contributed by atoms with E-state index in [1.807, 2.05) is 0 Å². The van der Waals surface area contributed by atoms with E-state index >= 15 is 0 Å². The standard InChI is InChI=1S/C17H14F5NO2S/c18-11-8-12(19)10-13(9-11)26(24,25)23-7-3-6-16(23)14-4-1-2-5-15(14)17(20,21)22/h1-2,4-5,8-10,16H,3,6-7H2. The highest BCUT2D eigenvalue weighted by Crippen LogP contribution is 2.42. The van der Waals surface area contributed by atoms with Crippen LogP contribution in [0.5, 0.6) is 0 Å². The van der Waals surface area contributed by atoms with Gasteiger partial charge in [0.25, 0.3) is 0 Å². The molecule has 1 saturated heterocycles. The van der Waals surface area contributed by atoms with Gasteiger partial charge in [-0.15, -0.1) is 0 Å². The number of hydrogen-bond donors (Lipinski definition) is 0. The van der Waals surface area contributed by atoms with Gasteiger partial charge in [-0.2, -0.15) is 17.5 Å². The number of benzene rings is 2. The minimum atomic E-state index is -4.64. The molecule has 0 aliphatic carbocycles. The molecule has 3 nitrogen and oxygen atoms in total. The van der Waals surface area contributed by atoms with E-state index in [1.165, 1.54) is 18.2 Å². The van der Waals surface area contributed by atoms with Crippen LogP contribution in [0.15, 0.2) is 47.4 Å². The average molecular weight is 391 g/mol. The highest BCUT2D eigenvalue weighted by Gasteiger charge is 2.41. The minimum absolute atomic E-state index is 0.0304. The van der Waals surface area contributed by atoms with Crippen molar-refractivity contribution in [3.05, 3.63) is 65.2 Å². The highest BCUT2D eigenvalue weighted by molar-refractivity contribution is 7.89. The molecule has 1 fully saturated rings. The van der Waals surface area contributed by atoms with E-state index in [4.69, 9.17) is 0 Å². The maximum absolute atomic E-state index is 13.4. The van der Waals surface area contributed by atoms with Crippen LogP contribution in [0.4, 0.5) is 22.0 Å². The Balaban J connectivity index is 2.07. The molecule has 1 aliphatic heterocycles. The molecule has 1 aliphatic rings. The molecule has 0 spiro atoms. The van der Waals surface area contributed by atoms with Crippen LogP contribution in [0.3, 0.4) is 0 Å². The molecular weight excluding hydrogens is 377 g/mol. The van der Waals surface area contributed by atoms with Gasteiger partial charge in [0.2, 0.25) is 10.0 Å². The lowest BCUT2D eigenvalue weighted by atomic mass is 9.99. The van der Waals surface area contributed by atoms with E-state index in [0.717, 1.165) is 10.4 Å². The zero-order chi connectivity index (χ0) is 19.1. The molecule has 0 bridgehead atoms. The molecule has 0 aromatic heterocycles. The maximum atomic E-state index is 13.4. The highest BCUT2D eigenvalue weighted by atomic mass is 32.2. The molecule has 0 saturated carbocycles. The van der Waals surface area contributed by atoms with Gasteiger partial charge in [0.05, 0.1) is 16.5 Å². The Morgan fingerprint density at radius 2 is 1.62 bits per heavy atom. The number of rotatable bonds is 3. The molecule has 2 aromatic carbocycles. The Morgan fingerprint density at radius 3 is 2.23 bits per heavy atom. The predicted molar refractivity (Wildman–Crippen MR) is 83.7 cm³/mol. The van der Waals surface area contributed by atoms with E-state index < -0.39 is 44.3 Å². The first-order chi connectivity index (χ1) is 12.1. The predicted octanol–water partition coefficient (Wildman–Crippen LogP) is 4.51. The molecule has 9 heteroatoms. The van der Waals surface area contributed by atoms with Crippen LogP contribution in [0.2, 0.25) is 0 Å². The van der Waals surface area contributed by atoms with Crippen LogP contribution in [-0.2, 0) is 16.2 Å². The fourth-order valence-electron chi connectivity index (χ4n) is 3.20. The summed E-state index contributed by atoms with van der Waals surface area (Å²) in [6.45, 7) is -0.0304. The molecule has 140 valence electrons. The molecule has 0 radical (unpaired) electrons. The number of hydrogen-bond acceptors (Lipinski definition) is 2. The van der Waals surface area contributed by atoms with Crippen molar-refractivity contribution in [2.75, 3.05) is 6.54 Å². The van der Waals surface area contributed by atoms with Crippen LogP contribution in [-0.4, -0.2) is 19.3 Å². The van der Waals surface area contributed by atoms with Gasteiger partial charge in [0, 0.05) is 12.6 Å². The van der Waals surface area contributed by atoms with Gasteiger partial charge >= 0.3 is 6.18 Å². The van der Waals surface area contributed by atoms with Crippen LogP contribution in [0.1, 0.15) is 30.0 Å². The van der Waals surface area contributed by atoms with Crippen molar-refractivity contribution in [2.45, 2.75) is 30.0 Å². The molecule has 1 heterocycles. The maximum Gasteiger partial charge on any atom is 0.416 e. The van der Waals surface area contributed by atoms with Gasteiger partial charge in [0.1, 0.15) is 11.6 Å². The summed E-state index contributed by atoms with van der Waals surface area (Å²) in [6.07, 6.45) is -4.11. The summed E-state index contributed by atoms with van der Waals surface area (Å²) >= 11 is 0. The van der Waals surface area contributed by atoms with Gasteiger partial charge in [-0.05, 0) is 36.6 Å². The second-order valence-corrected chi connectivity index (χ2v) is 7.85. The summed E-state index contributed by atoms with van der Waals surface area (Å²) in [5.74, 6) is -2.15. The van der Waals surface area contributed by atoms with Gasteiger partial charge < -0.3 is 0 Å². The van der Waals surface area contributed by atoms with Gasteiger partial charge in [-0.1, -0.05) is 18.2 Å². The van der Waals surface area contributed by atoms with Crippen molar-refractivity contribution in [2.24, 2.45) is 0 Å². The quantitative estimate of drug-likeness (QED) is 0.722. The molecule has 3 rings (SSSR count). The molecule has 2 aromatic rings. The van der Waals surface area contributed by atoms with Gasteiger partial charge in [-0.3, -0.25) is 0 Å². The van der Waals surface area contributed by atoms with Crippen LogP contribution >= 0.6 is 0 Å². The van der Waals surface area contributed by atoms with Crippen molar-refractivity contribution in [3.8, 4) is 0 Å². The smallest absolute Gasteiger partial charge is 0.207 e. The lowest BCUT2D eigenvalue weighted by Crippen LogP contribution is -2.32. The molecule has 1 atom stereocenters. The Labute approximate surface area is 147 Å². The summed E-state index contributed by atoms with van der Waals surface area (Å²) < 4.78 is 93.2. The first-order valence-corrected chi connectivity index (χ1v) is 9.19. The summed E-state index contributed by atoms with van der Waals surface area (Å²) in [7, 11) is -4.36. The third-order valence-electron chi connectivity index (χ3n) is 4.27. The van der Waals surface area contributed by atoms with Crippen LogP contribution in [0, 0.1) is 11.6 Å². The number of alkyl halides is 3. The summed E-state index contributed by atoms with van der Waals surface area (Å²) in [6, 6.07) is 5.53. The lowest BCUT2D eigenvalue weighted by Gasteiger charge is -2.26. The fourth-order valence-corrected chi connectivity index (χ4v) is 4.91. The van der Waals surface area contributed by atoms with E-state index in [0.29, 0.717) is 24.6 Å². The minimum Gasteiger partial charge on any atom is -0.207 e. The zero-order valence-electron chi connectivity index (χ0n) is 13.3. The van der Waals surface area contributed by atoms with Gasteiger partial charge in [-0.25, -0.2) is 17.2 Å². The molecule has 1 unspecified atom stereocenters. The lowest BCUT2D eigenvalue weighted by molar-refractivity contribution is -0.138. The number of nitrogens with zero attached hydrogens (tertiary/aromatic N) is 1. The summed E-state index contributed by atoms with van der Waals surface area (Å²) in [5.41, 5.74) is -1.09. The summed E-state index contributed by atoms with van der Waals surface area (Å²) in [5, 5.41) is 0. The topological polar surface area (TPSA) is 37.4 Å². The molecular formula is C17H14F5NO2S. The molecule has 26 heavy (non-hydrogen) atoms. The van der Waals surface area contributed by atoms with E-state index in [1.54, 1.807) is 0 Å². The SMILES string of the molecule is O=S(=O)(c1cc(F)cc(F)c1)N1CCCC1c1ccccc1C(F)(F)F. The van der Waals surface area contributed by atoms with E-state index in [9.17, 15) is 30.4 Å². The van der Waals surface area contributed by atoms with Crippen molar-refractivity contribution in [3.63, 3.8) is 0 Å². The molecule has 0 amide bonds. The van der Waals surface area contributed by atoms with Crippen molar-refractivity contribution in [1.82, 2.24) is 4.31 Å². The first-order valence-electron chi connectivity index (χ1n) is 7.75. The Morgan fingerprint density at radius 1 is 1.00 bits per heavy atom. The average Bonchev–Trinajstić information content (AvgIpc) is 3.03. The van der Waals surface area contributed by atoms with Crippen LogP contribution in [0.25, 0.3) is 0 Å². The Kier molecular flexibility index (Phi) is 4.78. The monoisotopic (exact) mass is 391 g/mol. The first kappa shape index (κ1) is 18.8. The normalized spacial score (nSPS) is 19.0. The van der Waals surface area contributed by atoms with Crippen molar-refractivity contribution in [1.29, 1.82) is 0 Å². The Bertz CT molecular complexity index is 907. The second kappa shape index (κ2) is 6.62. The third-order valence-corrected chi connectivity index (χ3v) is 6.16. The van der Waals surface area contributed by atoms with E-state index in [-0.39, 0.29) is 18.5 Å². The van der Waals surface area contributed by atoms with Crippen molar-refractivity contribution >= 4 is 10.0 Å². The second-order valence-electron chi connectivity index (χ2n) is 5.96. The molecule has 0 N–H and O–H groups in total. The van der Waals surface area contributed by atoms with Gasteiger partial charge in [0.15, 0.2) is 0 Å².